The Kier molecular flexibility index (Phi) is 6.69. The Hall–Kier alpha value is -1.06. The molecule has 1 rings (SSSR count). The highest BCUT2D eigenvalue weighted by atomic mass is 16.5. The number of ether oxygens (including phenoxy) is 1. The molecule has 3 heteroatoms. The number of likely N-dealkylation sites (N-methyl/N-ethyl adjacent to an activating group) is 1. The fourth-order valence-electron chi connectivity index (χ4n) is 2.79. The second kappa shape index (κ2) is 7.81. The minimum absolute atomic E-state index is 0.294. The van der Waals surface area contributed by atoms with E-state index in [0.29, 0.717) is 24.0 Å². The molecule has 3 nitrogen and oxygen atoms in total. The molecule has 0 amide bonds. The minimum atomic E-state index is 0.294. The second-order valence-electron chi connectivity index (χ2n) is 7.18. The normalized spacial score (nSPS) is 15.0. The molecule has 0 aromatic heterocycles. The predicted molar refractivity (Wildman–Crippen MR) is 90.8 cm³/mol. The maximum atomic E-state index is 6.00. The molecule has 1 aromatic rings. The van der Waals surface area contributed by atoms with Crippen LogP contribution in [-0.4, -0.2) is 37.7 Å². The third kappa shape index (κ3) is 5.68. The summed E-state index contributed by atoms with van der Waals surface area (Å²) < 4.78 is 5.45. The summed E-state index contributed by atoms with van der Waals surface area (Å²) in [7, 11) is 3.92. The number of rotatable bonds is 7. The lowest BCUT2D eigenvalue weighted by Crippen LogP contribution is -2.45. The summed E-state index contributed by atoms with van der Waals surface area (Å²) in [4.78, 5) is 2.41. The number of nitrogens with two attached hydrogens (primary N) is 1. The van der Waals surface area contributed by atoms with E-state index >= 15 is 0 Å². The highest BCUT2D eigenvalue weighted by molar-refractivity contribution is 5.33. The van der Waals surface area contributed by atoms with Crippen molar-refractivity contribution in [1.82, 2.24) is 4.90 Å². The summed E-state index contributed by atoms with van der Waals surface area (Å²) in [6.45, 7) is 9.78. The van der Waals surface area contributed by atoms with Crippen LogP contribution < -0.4 is 10.5 Å². The van der Waals surface area contributed by atoms with E-state index in [-0.39, 0.29) is 0 Å². The summed E-state index contributed by atoms with van der Waals surface area (Å²) in [6, 6.07) is 9.09. The quantitative estimate of drug-likeness (QED) is 0.838. The van der Waals surface area contributed by atoms with E-state index in [1.165, 1.54) is 5.56 Å². The van der Waals surface area contributed by atoms with Crippen LogP contribution in [-0.2, 0) is 6.42 Å². The van der Waals surface area contributed by atoms with Crippen LogP contribution >= 0.6 is 0 Å². The van der Waals surface area contributed by atoms with Gasteiger partial charge in [0.15, 0.2) is 0 Å². The van der Waals surface area contributed by atoms with Crippen molar-refractivity contribution in [2.24, 2.45) is 11.1 Å². The van der Waals surface area contributed by atoms with Crippen molar-refractivity contribution in [3.63, 3.8) is 0 Å². The molecule has 2 unspecified atom stereocenters. The van der Waals surface area contributed by atoms with Gasteiger partial charge in [-0.25, -0.2) is 0 Å². The van der Waals surface area contributed by atoms with Crippen LogP contribution in [0.25, 0.3) is 0 Å². The summed E-state index contributed by atoms with van der Waals surface area (Å²) in [5.74, 6) is 0.970. The molecule has 2 N–H and O–H groups in total. The van der Waals surface area contributed by atoms with E-state index in [2.05, 4.69) is 51.8 Å². The van der Waals surface area contributed by atoms with Crippen molar-refractivity contribution < 1.29 is 4.74 Å². The Morgan fingerprint density at radius 1 is 1.24 bits per heavy atom. The van der Waals surface area contributed by atoms with E-state index in [0.717, 1.165) is 18.6 Å². The van der Waals surface area contributed by atoms with Crippen LogP contribution in [0.2, 0.25) is 0 Å². The van der Waals surface area contributed by atoms with E-state index in [1.54, 1.807) is 7.11 Å². The van der Waals surface area contributed by atoms with Gasteiger partial charge in [0, 0.05) is 18.6 Å². The van der Waals surface area contributed by atoms with Gasteiger partial charge in [-0.05, 0) is 43.9 Å². The first-order chi connectivity index (χ1) is 9.78. The molecule has 21 heavy (non-hydrogen) atoms. The van der Waals surface area contributed by atoms with E-state index in [9.17, 15) is 0 Å². The number of para-hydroxylation sites is 1. The van der Waals surface area contributed by atoms with E-state index in [1.807, 2.05) is 12.1 Å². The Bertz CT molecular complexity index is 425. The lowest BCUT2D eigenvalue weighted by Gasteiger charge is -2.36. The van der Waals surface area contributed by atoms with Gasteiger partial charge >= 0.3 is 0 Å². The molecule has 0 aliphatic carbocycles. The molecule has 0 saturated heterocycles. The first-order valence-corrected chi connectivity index (χ1v) is 7.82. The summed E-state index contributed by atoms with van der Waals surface area (Å²) in [5.41, 5.74) is 7.55. The first kappa shape index (κ1) is 18.0. The van der Waals surface area contributed by atoms with Gasteiger partial charge in [0.25, 0.3) is 0 Å². The fraction of sp³-hybridized carbons (Fsp3) is 0.667. The highest BCUT2D eigenvalue weighted by Crippen LogP contribution is 2.25. The third-order valence-corrected chi connectivity index (χ3v) is 4.10. The van der Waals surface area contributed by atoms with Crippen LogP contribution in [0.1, 0.15) is 39.7 Å². The molecular weight excluding hydrogens is 260 g/mol. The van der Waals surface area contributed by atoms with Gasteiger partial charge < -0.3 is 10.5 Å². The second-order valence-corrected chi connectivity index (χ2v) is 7.18. The number of benzene rings is 1. The zero-order valence-electron chi connectivity index (χ0n) is 14.5. The number of hydrogen-bond acceptors (Lipinski definition) is 3. The van der Waals surface area contributed by atoms with Crippen molar-refractivity contribution in [3.8, 4) is 5.75 Å². The highest BCUT2D eigenvalue weighted by Gasteiger charge is 2.24. The Labute approximate surface area is 130 Å². The Morgan fingerprint density at radius 3 is 2.38 bits per heavy atom. The van der Waals surface area contributed by atoms with Crippen molar-refractivity contribution in [2.75, 3.05) is 20.7 Å². The standard InChI is InChI=1S/C18H32N2O/c1-14(11-15-9-7-8-10-17(15)21-6)20(5)16(13-19)12-18(2,3)4/h7-10,14,16H,11-13,19H2,1-6H3. The average molecular weight is 292 g/mol. The number of methoxy groups -OCH3 is 1. The van der Waals surface area contributed by atoms with Gasteiger partial charge in [-0.1, -0.05) is 39.0 Å². The molecule has 0 heterocycles. The van der Waals surface area contributed by atoms with Crippen LogP contribution in [0.3, 0.4) is 0 Å². The van der Waals surface area contributed by atoms with Crippen molar-refractivity contribution in [1.29, 1.82) is 0 Å². The maximum absolute atomic E-state index is 6.00. The van der Waals surface area contributed by atoms with Gasteiger partial charge in [-0.3, -0.25) is 4.90 Å². The Morgan fingerprint density at radius 2 is 1.86 bits per heavy atom. The average Bonchev–Trinajstić information content (AvgIpc) is 2.43. The number of nitrogens with zero attached hydrogens (tertiary/aromatic N) is 1. The van der Waals surface area contributed by atoms with Crippen molar-refractivity contribution >= 4 is 0 Å². The fourth-order valence-corrected chi connectivity index (χ4v) is 2.79. The van der Waals surface area contributed by atoms with Crippen LogP contribution in [0, 0.1) is 5.41 Å². The Balaban J connectivity index is 2.74. The van der Waals surface area contributed by atoms with E-state index < -0.39 is 0 Å². The summed E-state index contributed by atoms with van der Waals surface area (Å²) >= 11 is 0. The predicted octanol–water partition coefficient (Wildman–Crippen LogP) is 3.32. The van der Waals surface area contributed by atoms with E-state index in [4.69, 9.17) is 10.5 Å². The lowest BCUT2D eigenvalue weighted by atomic mass is 9.87. The largest absolute Gasteiger partial charge is 0.496 e. The van der Waals surface area contributed by atoms with Gasteiger partial charge in [0.05, 0.1) is 7.11 Å². The molecule has 0 aliphatic rings. The smallest absolute Gasteiger partial charge is 0.122 e. The molecule has 0 spiro atoms. The molecule has 120 valence electrons. The minimum Gasteiger partial charge on any atom is -0.496 e. The molecule has 1 aromatic carbocycles. The molecule has 0 radical (unpaired) electrons. The van der Waals surface area contributed by atoms with Gasteiger partial charge in [0.1, 0.15) is 5.75 Å². The summed E-state index contributed by atoms with van der Waals surface area (Å²) in [5, 5.41) is 0. The SMILES string of the molecule is COc1ccccc1CC(C)N(C)C(CN)CC(C)(C)C. The number of hydrogen-bond donors (Lipinski definition) is 1. The maximum Gasteiger partial charge on any atom is 0.122 e. The van der Waals surface area contributed by atoms with Gasteiger partial charge in [0.2, 0.25) is 0 Å². The molecule has 0 fully saturated rings. The third-order valence-electron chi connectivity index (χ3n) is 4.10. The molecule has 0 bridgehead atoms. The van der Waals surface area contributed by atoms with Gasteiger partial charge in [-0.15, -0.1) is 0 Å². The van der Waals surface area contributed by atoms with Crippen molar-refractivity contribution in [3.05, 3.63) is 29.8 Å². The van der Waals surface area contributed by atoms with Crippen LogP contribution in [0.15, 0.2) is 24.3 Å². The van der Waals surface area contributed by atoms with Crippen LogP contribution in [0.4, 0.5) is 0 Å². The first-order valence-electron chi connectivity index (χ1n) is 7.82. The topological polar surface area (TPSA) is 38.5 Å². The molecule has 0 saturated carbocycles. The monoisotopic (exact) mass is 292 g/mol. The lowest BCUT2D eigenvalue weighted by molar-refractivity contribution is 0.142. The summed E-state index contributed by atoms with van der Waals surface area (Å²) in [6.07, 6.45) is 2.08. The van der Waals surface area contributed by atoms with Crippen LogP contribution in [0.5, 0.6) is 5.75 Å². The zero-order valence-corrected chi connectivity index (χ0v) is 14.5. The van der Waals surface area contributed by atoms with Gasteiger partial charge in [-0.2, -0.15) is 0 Å². The zero-order chi connectivity index (χ0) is 16.0. The van der Waals surface area contributed by atoms with Crippen molar-refractivity contribution in [2.45, 2.75) is 52.6 Å². The molecule has 2 atom stereocenters. The molecular formula is C18H32N2O. The molecule has 0 aliphatic heterocycles.